The van der Waals surface area contributed by atoms with Gasteiger partial charge in [0.05, 0.1) is 16.4 Å². The Kier molecular flexibility index (Phi) is 10.1. The first-order valence-electron chi connectivity index (χ1n) is 25.2. The normalized spacial score (nSPS) is 12.5. The van der Waals surface area contributed by atoms with Crippen molar-refractivity contribution < 1.29 is 0 Å². The second-order valence-corrected chi connectivity index (χ2v) is 19.2. The fourth-order valence-electron chi connectivity index (χ4n) is 12.1. The third-order valence-electron chi connectivity index (χ3n) is 15.3. The molecule has 1 heterocycles. The predicted octanol–water partition coefficient (Wildman–Crippen LogP) is 18.8. The van der Waals surface area contributed by atoms with Crippen molar-refractivity contribution in [2.75, 3.05) is 4.90 Å². The molecule has 14 rings (SSSR count). The lowest BCUT2D eigenvalue weighted by Gasteiger charge is -2.34. The number of para-hydroxylation sites is 2. The molecule has 0 unspecified atom stereocenters. The quantitative estimate of drug-likeness (QED) is 0.140. The Morgan fingerprint density at radius 2 is 0.753 bits per heavy atom. The van der Waals surface area contributed by atoms with Gasteiger partial charge in [-0.15, -0.1) is 0 Å². The van der Waals surface area contributed by atoms with Gasteiger partial charge in [-0.25, -0.2) is 0 Å². The van der Waals surface area contributed by atoms with E-state index in [4.69, 9.17) is 0 Å². The van der Waals surface area contributed by atoms with Gasteiger partial charge in [0, 0.05) is 33.5 Å². The first-order chi connectivity index (χ1) is 36.2. The molecule has 0 saturated carbocycles. The zero-order valence-corrected chi connectivity index (χ0v) is 40.1. The lowest BCUT2D eigenvalue weighted by atomic mass is 9.68. The third kappa shape index (κ3) is 6.87. The lowest BCUT2D eigenvalue weighted by molar-refractivity contribution is 0.768. The molecule has 2 heteroatoms. The molecule has 342 valence electrons. The number of nitrogens with zero attached hydrogens (tertiary/aromatic N) is 2. The van der Waals surface area contributed by atoms with Crippen molar-refractivity contribution in [2.45, 2.75) is 5.41 Å². The molecule has 2 nitrogen and oxygen atoms in total. The number of fused-ring (bicyclic) bond motifs is 7. The minimum absolute atomic E-state index is 0.480. The van der Waals surface area contributed by atoms with Gasteiger partial charge in [-0.05, 0) is 138 Å². The molecule has 1 aromatic heterocycles. The van der Waals surface area contributed by atoms with Crippen LogP contribution in [0.1, 0.15) is 22.3 Å². The summed E-state index contributed by atoms with van der Waals surface area (Å²) in [7, 11) is 0. The summed E-state index contributed by atoms with van der Waals surface area (Å²) in [5, 5.41) is 5.01. The second kappa shape index (κ2) is 17.4. The lowest BCUT2D eigenvalue weighted by Crippen LogP contribution is -2.28. The van der Waals surface area contributed by atoms with Gasteiger partial charge in [0.15, 0.2) is 0 Å². The Labute approximate surface area is 426 Å². The van der Waals surface area contributed by atoms with Crippen molar-refractivity contribution in [1.82, 2.24) is 4.57 Å². The molecule has 13 aromatic rings. The molecule has 0 amide bonds. The van der Waals surface area contributed by atoms with Gasteiger partial charge in [-0.2, -0.15) is 0 Å². The average Bonchev–Trinajstić information content (AvgIpc) is 3.97. The van der Waals surface area contributed by atoms with Crippen LogP contribution in [0.3, 0.4) is 0 Å². The Hall–Kier alpha value is -9.50. The van der Waals surface area contributed by atoms with Crippen LogP contribution in [0, 0.1) is 0 Å². The maximum absolute atomic E-state index is 2.43. The molecule has 1 aliphatic carbocycles. The SMILES string of the molecule is c1ccc(-c2cccc3cccc(-c4ccc(N(c5ccc(-c6cccc(-n7c8ccccc8c8ccccc87)c6)cc5)c5ccc6c(c5)-c5ccccc5C6(c5ccccc5)c5ccccc5)cc4)c23)cc1. The van der Waals surface area contributed by atoms with Gasteiger partial charge in [0.1, 0.15) is 0 Å². The molecule has 0 atom stereocenters. The van der Waals surface area contributed by atoms with E-state index < -0.39 is 5.41 Å². The van der Waals surface area contributed by atoms with E-state index >= 15 is 0 Å². The summed E-state index contributed by atoms with van der Waals surface area (Å²) in [4.78, 5) is 2.43. The first kappa shape index (κ1) is 42.4. The molecule has 0 aliphatic heterocycles. The van der Waals surface area contributed by atoms with Crippen molar-refractivity contribution in [2.24, 2.45) is 0 Å². The van der Waals surface area contributed by atoms with Crippen LogP contribution in [-0.4, -0.2) is 4.57 Å². The minimum atomic E-state index is -0.480. The van der Waals surface area contributed by atoms with Crippen molar-refractivity contribution >= 4 is 49.6 Å². The summed E-state index contributed by atoms with van der Waals surface area (Å²) in [5.41, 5.74) is 21.1. The predicted molar refractivity (Wildman–Crippen MR) is 307 cm³/mol. The molecule has 0 radical (unpaired) electrons. The van der Waals surface area contributed by atoms with E-state index in [1.165, 1.54) is 93.8 Å². The van der Waals surface area contributed by atoms with Crippen LogP contribution in [0.5, 0.6) is 0 Å². The number of rotatable bonds is 9. The van der Waals surface area contributed by atoms with Crippen LogP contribution in [0.2, 0.25) is 0 Å². The maximum Gasteiger partial charge on any atom is 0.0713 e. The molecule has 0 fully saturated rings. The number of aromatic nitrogens is 1. The average molecular weight is 929 g/mol. The van der Waals surface area contributed by atoms with Gasteiger partial charge in [-0.1, -0.05) is 231 Å². The van der Waals surface area contributed by atoms with Gasteiger partial charge >= 0.3 is 0 Å². The largest absolute Gasteiger partial charge is 0.310 e. The van der Waals surface area contributed by atoms with E-state index in [1.807, 2.05) is 0 Å². The van der Waals surface area contributed by atoms with E-state index in [2.05, 4.69) is 301 Å². The summed E-state index contributed by atoms with van der Waals surface area (Å²) in [5.74, 6) is 0. The summed E-state index contributed by atoms with van der Waals surface area (Å²) >= 11 is 0. The fourth-order valence-corrected chi connectivity index (χ4v) is 12.1. The zero-order chi connectivity index (χ0) is 48.3. The molecule has 0 N–H and O–H groups in total. The highest BCUT2D eigenvalue weighted by Gasteiger charge is 2.46. The number of anilines is 3. The molecule has 12 aromatic carbocycles. The Morgan fingerprint density at radius 3 is 1.38 bits per heavy atom. The second-order valence-electron chi connectivity index (χ2n) is 19.2. The Morgan fingerprint density at radius 1 is 0.288 bits per heavy atom. The minimum Gasteiger partial charge on any atom is -0.310 e. The number of hydrogen-bond acceptors (Lipinski definition) is 1. The van der Waals surface area contributed by atoms with E-state index in [-0.39, 0.29) is 0 Å². The van der Waals surface area contributed by atoms with Crippen LogP contribution in [-0.2, 0) is 5.41 Å². The number of hydrogen-bond donors (Lipinski definition) is 0. The summed E-state index contributed by atoms with van der Waals surface area (Å²) < 4.78 is 2.39. The molecule has 0 bridgehead atoms. The molecule has 1 aliphatic rings. The third-order valence-corrected chi connectivity index (χ3v) is 15.3. The van der Waals surface area contributed by atoms with E-state index in [9.17, 15) is 0 Å². The summed E-state index contributed by atoms with van der Waals surface area (Å²) in [6.07, 6.45) is 0. The monoisotopic (exact) mass is 928 g/mol. The molecule has 0 saturated heterocycles. The highest BCUT2D eigenvalue weighted by atomic mass is 15.1. The number of benzene rings is 12. The smallest absolute Gasteiger partial charge is 0.0713 e. The van der Waals surface area contributed by atoms with Gasteiger partial charge in [-0.3, -0.25) is 0 Å². The fraction of sp³-hybridized carbons (Fsp3) is 0.0141. The Balaban J connectivity index is 0.915. The molecule has 73 heavy (non-hydrogen) atoms. The van der Waals surface area contributed by atoms with Gasteiger partial charge in [0.2, 0.25) is 0 Å². The van der Waals surface area contributed by atoms with Crippen molar-refractivity contribution in [3.63, 3.8) is 0 Å². The summed E-state index contributed by atoms with van der Waals surface area (Å²) in [6.45, 7) is 0. The van der Waals surface area contributed by atoms with Crippen LogP contribution in [0.15, 0.2) is 291 Å². The van der Waals surface area contributed by atoms with Crippen LogP contribution >= 0.6 is 0 Å². The van der Waals surface area contributed by atoms with Crippen molar-refractivity contribution in [1.29, 1.82) is 0 Å². The van der Waals surface area contributed by atoms with Crippen molar-refractivity contribution in [3.8, 4) is 50.2 Å². The van der Waals surface area contributed by atoms with Gasteiger partial charge in [0.25, 0.3) is 0 Å². The molecule has 0 spiro atoms. The van der Waals surface area contributed by atoms with Crippen LogP contribution < -0.4 is 4.90 Å². The van der Waals surface area contributed by atoms with Gasteiger partial charge < -0.3 is 9.47 Å². The van der Waals surface area contributed by atoms with E-state index in [0.29, 0.717) is 0 Å². The Bertz CT molecular complexity index is 4070. The standard InChI is InChI=1S/C71H48N2/c1-4-19-50(20-5-1)60-32-17-21-52-22-18-33-61(70(52)60)51-39-43-57(44-40-51)72(56-41-37-49(38-42-56)53-23-16-28-58(47-53)73-68-35-14-11-30-63(68)64-31-12-15-36-69(64)73)59-45-46-67-65(48-59)62-29-10-13-34-66(62)71(67,54-24-6-2-7-25-54)55-26-8-3-9-27-55/h1-48H. The molecular weight excluding hydrogens is 881 g/mol. The summed E-state index contributed by atoms with van der Waals surface area (Å²) in [6, 6.07) is 107. The highest BCUT2D eigenvalue weighted by molar-refractivity contribution is 6.09. The maximum atomic E-state index is 2.43. The first-order valence-corrected chi connectivity index (χ1v) is 25.2. The van der Waals surface area contributed by atoms with Crippen LogP contribution in [0.4, 0.5) is 17.1 Å². The van der Waals surface area contributed by atoms with E-state index in [1.54, 1.807) is 0 Å². The topological polar surface area (TPSA) is 8.17 Å². The zero-order valence-electron chi connectivity index (χ0n) is 40.1. The molecular formula is C71H48N2. The van der Waals surface area contributed by atoms with E-state index in [0.717, 1.165) is 28.3 Å². The highest BCUT2D eigenvalue weighted by Crippen LogP contribution is 2.57. The van der Waals surface area contributed by atoms with Crippen molar-refractivity contribution in [3.05, 3.63) is 313 Å². The van der Waals surface area contributed by atoms with Crippen LogP contribution in [0.25, 0.3) is 82.8 Å².